The molecule has 0 spiro atoms. The van der Waals surface area contributed by atoms with Gasteiger partial charge in [0.15, 0.2) is 0 Å². The van der Waals surface area contributed by atoms with Gasteiger partial charge in [0, 0.05) is 28.5 Å². The maximum absolute atomic E-state index is 6.91. The van der Waals surface area contributed by atoms with Gasteiger partial charge in [0.2, 0.25) is 0 Å². The van der Waals surface area contributed by atoms with Gasteiger partial charge in [-0.05, 0) is 75.5 Å². The van der Waals surface area contributed by atoms with Crippen LogP contribution in [0, 0.1) is 6.92 Å². The van der Waals surface area contributed by atoms with Gasteiger partial charge in [-0.2, -0.15) is 0 Å². The molecule has 8 aromatic rings. The SMILES string of the molecule is CC.Cc1ccc2c(OCc3cc(OCc4ccccc4)cc(OCc4ccccc4)c3)c(C(C)(C)C)ccc2c1OCc1cc(OCc2ccccc2)cc(OCc2ccccc2)c1. The van der Waals surface area contributed by atoms with Crippen LogP contribution in [-0.4, -0.2) is 0 Å². The zero-order chi connectivity index (χ0) is 45.4. The van der Waals surface area contributed by atoms with Crippen molar-refractivity contribution in [2.45, 2.75) is 86.6 Å². The van der Waals surface area contributed by atoms with E-state index in [0.29, 0.717) is 62.6 Å². The van der Waals surface area contributed by atoms with E-state index in [1.165, 1.54) is 0 Å². The standard InChI is InChI=1S/C57H54O6.C2H6/c1-41-25-26-53-52(55(41)62-39-46-29-48(58-35-42-17-9-5-10-18-42)33-49(30-46)59-36-43-19-11-6-12-20-43)27-28-54(57(2,3)4)56(53)63-40-47-31-50(60-37-44-21-13-7-14-22-44)34-51(32-47)61-38-45-23-15-8-16-24-45;1-2/h5-34H,35-40H2,1-4H3;1-2H3. The van der Waals surface area contributed by atoms with Crippen LogP contribution < -0.4 is 28.4 Å². The monoisotopic (exact) mass is 864 g/mol. The van der Waals surface area contributed by atoms with Crippen LogP contribution in [0.5, 0.6) is 34.5 Å². The third-order valence-electron chi connectivity index (χ3n) is 10.7. The Morgan fingerprint density at radius 3 is 0.985 bits per heavy atom. The molecule has 0 bridgehead atoms. The molecule has 0 radical (unpaired) electrons. The van der Waals surface area contributed by atoms with Gasteiger partial charge in [0.05, 0.1) is 0 Å². The lowest BCUT2D eigenvalue weighted by Gasteiger charge is -2.25. The van der Waals surface area contributed by atoms with Crippen molar-refractivity contribution in [3.63, 3.8) is 0 Å². The van der Waals surface area contributed by atoms with Crippen LogP contribution in [-0.2, 0) is 45.1 Å². The lowest BCUT2D eigenvalue weighted by molar-refractivity contribution is 0.280. The van der Waals surface area contributed by atoms with Crippen molar-refractivity contribution >= 4 is 10.8 Å². The summed E-state index contributed by atoms with van der Waals surface area (Å²) >= 11 is 0. The minimum absolute atomic E-state index is 0.198. The number of ether oxygens (including phenoxy) is 6. The fourth-order valence-electron chi connectivity index (χ4n) is 7.43. The Hall–Kier alpha value is -7.18. The molecule has 0 aromatic heterocycles. The zero-order valence-corrected chi connectivity index (χ0v) is 38.5. The first kappa shape index (κ1) is 45.8. The van der Waals surface area contributed by atoms with Gasteiger partial charge in [-0.15, -0.1) is 0 Å². The highest BCUT2D eigenvalue weighted by Gasteiger charge is 2.23. The van der Waals surface area contributed by atoms with Gasteiger partial charge < -0.3 is 28.4 Å². The second-order valence-corrected chi connectivity index (χ2v) is 16.8. The molecule has 0 aliphatic carbocycles. The molecule has 0 N–H and O–H groups in total. The quantitative estimate of drug-likeness (QED) is 0.0856. The van der Waals surface area contributed by atoms with Crippen molar-refractivity contribution in [1.29, 1.82) is 0 Å². The van der Waals surface area contributed by atoms with Crippen LogP contribution in [0.25, 0.3) is 10.8 Å². The molecule has 0 fully saturated rings. The molecule has 332 valence electrons. The van der Waals surface area contributed by atoms with Crippen molar-refractivity contribution in [2.24, 2.45) is 0 Å². The lowest BCUT2D eigenvalue weighted by atomic mass is 9.84. The van der Waals surface area contributed by atoms with Crippen molar-refractivity contribution in [3.05, 3.63) is 226 Å². The van der Waals surface area contributed by atoms with E-state index in [0.717, 1.165) is 66.8 Å². The van der Waals surface area contributed by atoms with Crippen molar-refractivity contribution < 1.29 is 28.4 Å². The van der Waals surface area contributed by atoms with E-state index in [1.54, 1.807) is 0 Å². The third kappa shape index (κ3) is 13.0. The summed E-state index contributed by atoms with van der Waals surface area (Å²) in [6.45, 7) is 15.1. The molecule has 0 atom stereocenters. The Morgan fingerprint density at radius 2 is 0.631 bits per heavy atom. The van der Waals surface area contributed by atoms with Gasteiger partial charge in [-0.3, -0.25) is 0 Å². The summed E-state index contributed by atoms with van der Waals surface area (Å²) in [4.78, 5) is 0. The predicted molar refractivity (Wildman–Crippen MR) is 263 cm³/mol. The Bertz CT molecular complexity index is 2590. The van der Waals surface area contributed by atoms with E-state index in [1.807, 2.05) is 123 Å². The van der Waals surface area contributed by atoms with Crippen molar-refractivity contribution in [1.82, 2.24) is 0 Å². The maximum Gasteiger partial charge on any atom is 0.131 e. The van der Waals surface area contributed by atoms with Gasteiger partial charge in [-0.25, -0.2) is 0 Å². The van der Waals surface area contributed by atoms with Crippen LogP contribution >= 0.6 is 0 Å². The molecule has 0 amide bonds. The highest BCUT2D eigenvalue weighted by atomic mass is 16.5. The Kier molecular flexibility index (Phi) is 15.8. The average Bonchev–Trinajstić information content (AvgIpc) is 3.34. The average molecular weight is 865 g/mol. The fraction of sp³-hybridized carbons (Fsp3) is 0.220. The minimum Gasteiger partial charge on any atom is -0.489 e. The largest absolute Gasteiger partial charge is 0.489 e. The van der Waals surface area contributed by atoms with E-state index < -0.39 is 0 Å². The van der Waals surface area contributed by atoms with E-state index in [-0.39, 0.29) is 5.41 Å². The Labute approximate surface area is 385 Å². The lowest BCUT2D eigenvalue weighted by Crippen LogP contribution is -2.14. The van der Waals surface area contributed by atoms with Crippen molar-refractivity contribution in [2.75, 3.05) is 0 Å². The van der Waals surface area contributed by atoms with Crippen molar-refractivity contribution in [3.8, 4) is 34.5 Å². The Morgan fingerprint density at radius 1 is 0.323 bits per heavy atom. The number of hydrogen-bond acceptors (Lipinski definition) is 6. The van der Waals surface area contributed by atoms with Crippen LogP contribution in [0.3, 0.4) is 0 Å². The minimum atomic E-state index is -0.198. The zero-order valence-electron chi connectivity index (χ0n) is 38.5. The molecule has 0 heterocycles. The van der Waals surface area contributed by atoms with E-state index in [9.17, 15) is 0 Å². The second-order valence-electron chi connectivity index (χ2n) is 16.8. The summed E-state index contributed by atoms with van der Waals surface area (Å²) in [6, 6.07) is 61.3. The summed E-state index contributed by atoms with van der Waals surface area (Å²) in [7, 11) is 0. The van der Waals surface area contributed by atoms with Crippen LogP contribution in [0.2, 0.25) is 0 Å². The highest BCUT2D eigenvalue weighted by molar-refractivity contribution is 5.95. The third-order valence-corrected chi connectivity index (χ3v) is 10.7. The molecular weight excluding hydrogens is 805 g/mol. The normalized spacial score (nSPS) is 11.0. The number of rotatable bonds is 18. The van der Waals surface area contributed by atoms with Gasteiger partial charge >= 0.3 is 0 Å². The fourth-order valence-corrected chi connectivity index (χ4v) is 7.43. The molecule has 0 aliphatic heterocycles. The number of hydrogen-bond donors (Lipinski definition) is 0. The van der Waals surface area contributed by atoms with E-state index in [2.05, 4.69) is 100 Å². The predicted octanol–water partition coefficient (Wildman–Crippen LogP) is 14.9. The topological polar surface area (TPSA) is 55.4 Å². The molecule has 8 aromatic carbocycles. The van der Waals surface area contributed by atoms with Crippen LogP contribution in [0.4, 0.5) is 0 Å². The second kappa shape index (κ2) is 22.4. The van der Waals surface area contributed by atoms with Crippen LogP contribution in [0.1, 0.15) is 79.1 Å². The summed E-state index contributed by atoms with van der Waals surface area (Å²) in [5.41, 5.74) is 8.15. The molecule has 0 unspecified atom stereocenters. The number of benzene rings is 8. The first-order chi connectivity index (χ1) is 31.7. The molecule has 0 aliphatic rings. The Balaban J connectivity index is 0.00000311. The molecule has 0 saturated carbocycles. The van der Waals surface area contributed by atoms with E-state index in [4.69, 9.17) is 28.4 Å². The summed E-state index contributed by atoms with van der Waals surface area (Å²) < 4.78 is 39.0. The van der Waals surface area contributed by atoms with Gasteiger partial charge in [0.1, 0.15) is 74.1 Å². The molecule has 6 heteroatoms. The first-order valence-corrected chi connectivity index (χ1v) is 22.5. The highest BCUT2D eigenvalue weighted by Crippen LogP contribution is 2.42. The number of aryl methyl sites for hydroxylation is 1. The summed E-state index contributed by atoms with van der Waals surface area (Å²) in [5, 5.41) is 1.95. The molecule has 6 nitrogen and oxygen atoms in total. The van der Waals surface area contributed by atoms with Crippen LogP contribution in [0.15, 0.2) is 182 Å². The molecular formula is C59H60O6. The molecule has 0 saturated heterocycles. The smallest absolute Gasteiger partial charge is 0.131 e. The van der Waals surface area contributed by atoms with Gasteiger partial charge in [-0.1, -0.05) is 180 Å². The maximum atomic E-state index is 6.91. The first-order valence-electron chi connectivity index (χ1n) is 22.5. The summed E-state index contributed by atoms with van der Waals surface area (Å²) in [5.74, 6) is 4.48. The van der Waals surface area contributed by atoms with E-state index >= 15 is 0 Å². The number of fused-ring (bicyclic) bond motifs is 1. The molecule has 8 rings (SSSR count). The van der Waals surface area contributed by atoms with Gasteiger partial charge in [0.25, 0.3) is 0 Å². The summed E-state index contributed by atoms with van der Waals surface area (Å²) in [6.07, 6.45) is 0. The molecule has 65 heavy (non-hydrogen) atoms.